The molecule has 0 atom stereocenters. The van der Waals surface area contributed by atoms with Crippen molar-refractivity contribution < 1.29 is 5.11 Å². The number of hydrogen-bond donors (Lipinski definition) is 1. The van der Waals surface area contributed by atoms with E-state index in [1.807, 2.05) is 0 Å². The molecule has 2 fully saturated rings. The van der Waals surface area contributed by atoms with Crippen molar-refractivity contribution in [2.75, 3.05) is 18.6 Å². The molecule has 0 bridgehead atoms. The molecule has 2 aliphatic rings. The third-order valence-electron chi connectivity index (χ3n) is 4.30. The summed E-state index contributed by atoms with van der Waals surface area (Å²) in [6.45, 7) is 0.348. The number of aliphatic hydroxyl groups excluding tert-OH is 1. The lowest BCUT2D eigenvalue weighted by atomic mass is 9.86. The molecule has 4 nitrogen and oxygen atoms in total. The number of nitrogens with zero attached hydrogens (tertiary/aromatic N) is 3. The van der Waals surface area contributed by atoms with Gasteiger partial charge >= 0.3 is 0 Å². The maximum Gasteiger partial charge on any atom is 0.205 e. The highest BCUT2D eigenvalue weighted by Crippen LogP contribution is 2.40. The summed E-state index contributed by atoms with van der Waals surface area (Å²) in [4.78, 5) is 6.97. The van der Waals surface area contributed by atoms with E-state index in [1.165, 1.54) is 25.7 Å². The molecule has 18 heavy (non-hydrogen) atoms. The van der Waals surface area contributed by atoms with E-state index in [1.54, 1.807) is 11.5 Å². The molecule has 1 N–H and O–H groups in total. The minimum atomic E-state index is 0.348. The zero-order chi connectivity index (χ0) is 12.5. The molecule has 5 heteroatoms. The highest BCUT2D eigenvalue weighted by Gasteiger charge is 2.30. The van der Waals surface area contributed by atoms with Crippen molar-refractivity contribution in [3.05, 3.63) is 5.82 Å². The van der Waals surface area contributed by atoms with Crippen LogP contribution >= 0.6 is 11.5 Å². The Morgan fingerprint density at radius 3 is 2.56 bits per heavy atom. The van der Waals surface area contributed by atoms with Gasteiger partial charge in [-0.05, 0) is 44.4 Å². The number of aliphatic hydroxyl groups is 1. The molecule has 3 rings (SSSR count). The normalized spacial score (nSPS) is 28.3. The molecule has 0 radical (unpaired) electrons. The Labute approximate surface area is 112 Å². The van der Waals surface area contributed by atoms with Gasteiger partial charge in [-0.15, -0.1) is 0 Å². The van der Waals surface area contributed by atoms with Crippen molar-refractivity contribution in [2.45, 2.75) is 50.5 Å². The molecule has 1 aromatic heterocycles. The van der Waals surface area contributed by atoms with E-state index in [9.17, 15) is 5.11 Å². The molecule has 1 heterocycles. The average molecular weight is 267 g/mol. The number of rotatable bonds is 4. The summed E-state index contributed by atoms with van der Waals surface area (Å²) < 4.78 is 4.47. The van der Waals surface area contributed by atoms with Crippen LogP contribution in [0.1, 0.15) is 50.3 Å². The predicted octanol–water partition coefficient (Wildman–Crippen LogP) is 2.40. The Balaban J connectivity index is 1.61. The van der Waals surface area contributed by atoms with Crippen LogP contribution < -0.4 is 4.90 Å². The SMILES string of the molecule is CN(c1nc(C2CC2)ns1)C1CCC(CO)CC1. The smallest absolute Gasteiger partial charge is 0.205 e. The van der Waals surface area contributed by atoms with E-state index in [2.05, 4.69) is 21.3 Å². The largest absolute Gasteiger partial charge is 0.396 e. The van der Waals surface area contributed by atoms with Crippen LogP contribution in [0.2, 0.25) is 0 Å². The minimum absolute atomic E-state index is 0.348. The van der Waals surface area contributed by atoms with Gasteiger partial charge in [-0.2, -0.15) is 4.37 Å². The zero-order valence-electron chi connectivity index (χ0n) is 10.9. The molecule has 100 valence electrons. The fourth-order valence-electron chi connectivity index (χ4n) is 2.75. The average Bonchev–Trinajstić information content (AvgIpc) is 3.16. The van der Waals surface area contributed by atoms with Gasteiger partial charge in [0, 0.05) is 37.1 Å². The van der Waals surface area contributed by atoms with E-state index < -0.39 is 0 Å². The van der Waals surface area contributed by atoms with Crippen molar-refractivity contribution in [1.29, 1.82) is 0 Å². The molecule has 0 aromatic carbocycles. The van der Waals surface area contributed by atoms with Crippen LogP contribution in [-0.4, -0.2) is 34.2 Å². The quantitative estimate of drug-likeness (QED) is 0.910. The molecule has 0 aliphatic heterocycles. The van der Waals surface area contributed by atoms with Crippen molar-refractivity contribution in [2.24, 2.45) is 5.92 Å². The van der Waals surface area contributed by atoms with Crippen LogP contribution in [0.3, 0.4) is 0 Å². The third-order valence-corrected chi connectivity index (χ3v) is 5.12. The summed E-state index contributed by atoms with van der Waals surface area (Å²) in [6.07, 6.45) is 7.14. The van der Waals surface area contributed by atoms with Gasteiger partial charge in [0.2, 0.25) is 5.13 Å². The Hall–Kier alpha value is -0.680. The van der Waals surface area contributed by atoms with E-state index in [4.69, 9.17) is 0 Å². The van der Waals surface area contributed by atoms with E-state index >= 15 is 0 Å². The van der Waals surface area contributed by atoms with Crippen molar-refractivity contribution >= 4 is 16.7 Å². The van der Waals surface area contributed by atoms with Crippen LogP contribution in [0.15, 0.2) is 0 Å². The molecule has 0 unspecified atom stereocenters. The van der Waals surface area contributed by atoms with Gasteiger partial charge < -0.3 is 10.0 Å². The summed E-state index contributed by atoms with van der Waals surface area (Å²) in [7, 11) is 2.14. The molecule has 0 amide bonds. The first kappa shape index (κ1) is 12.4. The second-order valence-corrected chi connectivity index (χ2v) is 6.41. The van der Waals surface area contributed by atoms with Gasteiger partial charge in [0.1, 0.15) is 5.82 Å². The maximum atomic E-state index is 9.17. The summed E-state index contributed by atoms with van der Waals surface area (Å²) in [5.74, 6) is 2.23. The fourth-order valence-corrected chi connectivity index (χ4v) is 3.53. The van der Waals surface area contributed by atoms with Crippen molar-refractivity contribution in [3.63, 3.8) is 0 Å². The Kier molecular flexibility index (Phi) is 3.52. The highest BCUT2D eigenvalue weighted by molar-refractivity contribution is 7.09. The predicted molar refractivity (Wildman–Crippen MR) is 73.1 cm³/mol. The first-order valence-electron chi connectivity index (χ1n) is 6.95. The first-order chi connectivity index (χ1) is 8.78. The second kappa shape index (κ2) is 5.13. The van der Waals surface area contributed by atoms with E-state index in [-0.39, 0.29) is 0 Å². The summed E-state index contributed by atoms with van der Waals surface area (Å²) in [5, 5.41) is 10.2. The van der Waals surface area contributed by atoms with Gasteiger partial charge in [0.05, 0.1) is 0 Å². The van der Waals surface area contributed by atoms with E-state index in [0.29, 0.717) is 24.5 Å². The Bertz CT molecular complexity index is 397. The molecule has 2 aliphatic carbocycles. The minimum Gasteiger partial charge on any atom is -0.396 e. The topological polar surface area (TPSA) is 49.2 Å². The van der Waals surface area contributed by atoms with Crippen molar-refractivity contribution in [1.82, 2.24) is 9.36 Å². The third kappa shape index (κ3) is 2.52. The molecular formula is C13H21N3OS. The van der Waals surface area contributed by atoms with Crippen LogP contribution in [0.4, 0.5) is 5.13 Å². The number of anilines is 1. The second-order valence-electron chi connectivity index (χ2n) is 5.68. The Morgan fingerprint density at radius 2 is 1.94 bits per heavy atom. The standard InChI is InChI=1S/C13H21N3OS/c1-16(11-6-2-9(8-17)3-7-11)13-14-12(15-18-13)10-4-5-10/h9-11,17H,2-8H2,1H3. The first-order valence-corrected chi connectivity index (χ1v) is 7.72. The van der Waals surface area contributed by atoms with Gasteiger partial charge in [0.15, 0.2) is 0 Å². The number of hydrogen-bond acceptors (Lipinski definition) is 5. The molecular weight excluding hydrogens is 246 g/mol. The number of aromatic nitrogens is 2. The molecule has 0 saturated heterocycles. The van der Waals surface area contributed by atoms with Crippen LogP contribution in [0.25, 0.3) is 0 Å². The van der Waals surface area contributed by atoms with Crippen LogP contribution in [0.5, 0.6) is 0 Å². The van der Waals surface area contributed by atoms with Gasteiger partial charge in [-0.3, -0.25) is 0 Å². The van der Waals surface area contributed by atoms with Gasteiger partial charge in [0.25, 0.3) is 0 Å². The lowest BCUT2D eigenvalue weighted by Gasteiger charge is -2.33. The summed E-state index contributed by atoms with van der Waals surface area (Å²) >= 11 is 1.54. The lowest BCUT2D eigenvalue weighted by molar-refractivity contribution is 0.182. The molecule has 2 saturated carbocycles. The zero-order valence-corrected chi connectivity index (χ0v) is 11.7. The van der Waals surface area contributed by atoms with Crippen molar-refractivity contribution in [3.8, 4) is 0 Å². The highest BCUT2D eigenvalue weighted by atomic mass is 32.1. The Morgan fingerprint density at radius 1 is 1.22 bits per heavy atom. The maximum absolute atomic E-state index is 9.17. The van der Waals surface area contributed by atoms with Crippen LogP contribution in [0, 0.1) is 5.92 Å². The monoisotopic (exact) mass is 267 g/mol. The lowest BCUT2D eigenvalue weighted by Crippen LogP contribution is -2.35. The van der Waals surface area contributed by atoms with E-state index in [0.717, 1.165) is 23.8 Å². The van der Waals surface area contributed by atoms with Gasteiger partial charge in [-0.1, -0.05) is 0 Å². The van der Waals surface area contributed by atoms with Crippen LogP contribution in [-0.2, 0) is 0 Å². The van der Waals surface area contributed by atoms with Gasteiger partial charge in [-0.25, -0.2) is 4.98 Å². The summed E-state index contributed by atoms with van der Waals surface area (Å²) in [5.41, 5.74) is 0. The summed E-state index contributed by atoms with van der Waals surface area (Å²) in [6, 6.07) is 0.577. The molecule has 1 aromatic rings. The molecule has 0 spiro atoms. The fraction of sp³-hybridized carbons (Fsp3) is 0.846.